The van der Waals surface area contributed by atoms with Gasteiger partial charge in [-0.05, 0) is 44.8 Å². The summed E-state index contributed by atoms with van der Waals surface area (Å²) in [6, 6.07) is 37.8. The molecule has 0 atom stereocenters. The Balaban J connectivity index is 1.93. The van der Waals surface area contributed by atoms with Crippen LogP contribution in [0.3, 0.4) is 0 Å². The van der Waals surface area contributed by atoms with Crippen LogP contribution in [0, 0.1) is 0 Å². The predicted octanol–water partition coefficient (Wildman–Crippen LogP) is 6.18. The van der Waals surface area contributed by atoms with E-state index in [-0.39, 0.29) is 0 Å². The van der Waals surface area contributed by atoms with E-state index in [0.717, 1.165) is 21.6 Å². The molecule has 0 radical (unpaired) electrons. The molecule has 0 aliphatic carbocycles. The van der Waals surface area contributed by atoms with Crippen LogP contribution in [0.4, 0.5) is 0 Å². The summed E-state index contributed by atoms with van der Waals surface area (Å²) < 4.78 is 0. The number of benzene rings is 5. The summed E-state index contributed by atoms with van der Waals surface area (Å²) in [4.78, 5) is 0. The van der Waals surface area contributed by atoms with Crippen molar-refractivity contribution in [3.8, 4) is 0 Å². The molecule has 0 aliphatic heterocycles. The minimum atomic E-state index is 1.12. The van der Waals surface area contributed by atoms with Crippen molar-refractivity contribution in [1.29, 1.82) is 0 Å². The second-order valence-electron chi connectivity index (χ2n) is 7.24. The highest BCUT2D eigenvalue weighted by Gasteiger charge is 2.04. The van der Waals surface area contributed by atoms with Gasteiger partial charge in [-0.1, -0.05) is 109 Å². The quantitative estimate of drug-likeness (QED) is 0.321. The average Bonchev–Trinajstić information content (AvgIpc) is 2.82. The standard InChI is InChI=1S/C30H20/c1-3-11-23(12-4-1)19-21-29-25-15-7-9-17-27(25)30(28-18-10-8-16-26(28)29)22-20-24-13-5-2-6-14-24/h1-20H. The molecule has 0 aromatic heterocycles. The fourth-order valence-electron chi connectivity index (χ4n) is 3.85. The lowest BCUT2D eigenvalue weighted by molar-refractivity contribution is 1.66. The smallest absolute Gasteiger partial charge is 0.0322 e. The molecule has 0 spiro atoms. The molecule has 0 amide bonds. The lowest BCUT2D eigenvalue weighted by atomic mass is 9.98. The molecular weight excluding hydrogens is 360 g/mol. The van der Waals surface area contributed by atoms with Crippen LogP contribution >= 0.6 is 0 Å². The van der Waals surface area contributed by atoms with Gasteiger partial charge in [0.2, 0.25) is 0 Å². The van der Waals surface area contributed by atoms with Gasteiger partial charge < -0.3 is 0 Å². The van der Waals surface area contributed by atoms with Gasteiger partial charge in [-0.25, -0.2) is 0 Å². The van der Waals surface area contributed by atoms with E-state index in [1.165, 1.54) is 21.5 Å². The van der Waals surface area contributed by atoms with Gasteiger partial charge >= 0.3 is 0 Å². The highest BCUT2D eigenvalue weighted by atomic mass is 14.1. The molecule has 5 aromatic rings. The minimum absolute atomic E-state index is 1.12. The first-order valence-corrected chi connectivity index (χ1v) is 10.1. The second kappa shape index (κ2) is 8.11. The summed E-state index contributed by atoms with van der Waals surface area (Å²) in [7, 11) is 0. The van der Waals surface area contributed by atoms with Crippen molar-refractivity contribution in [2.24, 2.45) is 0 Å². The topological polar surface area (TPSA) is 0 Å². The summed E-state index contributed by atoms with van der Waals surface area (Å²) in [6.07, 6.45) is 4.13. The summed E-state index contributed by atoms with van der Waals surface area (Å²) in [5, 5.41) is 6.99. The highest BCUT2D eigenvalue weighted by molar-refractivity contribution is 6.01. The fraction of sp³-hybridized carbons (Fsp3) is 0. The van der Waals surface area contributed by atoms with Crippen molar-refractivity contribution in [2.45, 2.75) is 0 Å². The molecule has 0 nitrogen and oxygen atoms in total. The Kier molecular flexibility index (Phi) is 4.86. The predicted molar refractivity (Wildman–Crippen MR) is 129 cm³/mol. The summed E-state index contributed by atoms with van der Waals surface area (Å²) in [5.74, 6) is 0. The van der Waals surface area contributed by atoms with Crippen LogP contribution in [0.25, 0.3) is 45.2 Å². The van der Waals surface area contributed by atoms with Crippen LogP contribution in [-0.4, -0.2) is 0 Å². The Bertz CT molecular complexity index is 1350. The van der Waals surface area contributed by atoms with Crippen molar-refractivity contribution in [3.05, 3.63) is 131 Å². The Hall–Kier alpha value is -4.08. The van der Waals surface area contributed by atoms with E-state index in [9.17, 15) is 0 Å². The van der Waals surface area contributed by atoms with E-state index in [0.29, 0.717) is 0 Å². The van der Waals surface area contributed by atoms with Gasteiger partial charge in [0.05, 0.1) is 0 Å². The molecule has 0 bridgehead atoms. The molecule has 30 heavy (non-hydrogen) atoms. The summed E-state index contributed by atoms with van der Waals surface area (Å²) >= 11 is 0. The fourth-order valence-corrected chi connectivity index (χ4v) is 3.85. The lowest BCUT2D eigenvalue weighted by Gasteiger charge is -2.05. The zero-order valence-corrected chi connectivity index (χ0v) is 16.5. The van der Waals surface area contributed by atoms with E-state index in [4.69, 9.17) is 0 Å². The Labute approximate surface area is 176 Å². The largest absolute Gasteiger partial charge is 0.111 e. The van der Waals surface area contributed by atoms with Crippen LogP contribution < -0.4 is 10.4 Å². The maximum absolute atomic E-state index is 3.58. The maximum atomic E-state index is 3.58. The molecule has 0 heteroatoms. The SMILES string of the molecule is C(=Cc1ccccc1)=c1c2ccccc2c(=C=Cc2ccccc2)c2ccccc12. The monoisotopic (exact) mass is 380 g/mol. The van der Waals surface area contributed by atoms with Gasteiger partial charge in [-0.15, -0.1) is 11.5 Å². The molecule has 5 aromatic carbocycles. The third kappa shape index (κ3) is 3.50. The van der Waals surface area contributed by atoms with Crippen LogP contribution in [0.5, 0.6) is 0 Å². The normalized spacial score (nSPS) is 10.4. The Morgan fingerprint density at radius 3 is 1.00 bits per heavy atom. The van der Waals surface area contributed by atoms with Gasteiger partial charge in [0.25, 0.3) is 0 Å². The third-order valence-corrected chi connectivity index (χ3v) is 5.30. The molecule has 0 saturated carbocycles. The van der Waals surface area contributed by atoms with E-state index in [2.05, 4.69) is 121 Å². The third-order valence-electron chi connectivity index (χ3n) is 5.30. The molecule has 0 fully saturated rings. The molecule has 0 unspecified atom stereocenters. The van der Waals surface area contributed by atoms with Crippen LogP contribution in [-0.2, 0) is 0 Å². The van der Waals surface area contributed by atoms with E-state index in [1.807, 2.05) is 12.1 Å². The first-order chi connectivity index (χ1) is 14.9. The molecule has 5 rings (SSSR count). The van der Waals surface area contributed by atoms with Crippen LogP contribution in [0.2, 0.25) is 0 Å². The number of rotatable bonds is 2. The van der Waals surface area contributed by atoms with Gasteiger partial charge in [-0.2, -0.15) is 0 Å². The van der Waals surface area contributed by atoms with E-state index >= 15 is 0 Å². The minimum Gasteiger partial charge on any atom is -0.111 e. The van der Waals surface area contributed by atoms with E-state index in [1.54, 1.807) is 0 Å². The molecule has 140 valence electrons. The second-order valence-corrected chi connectivity index (χ2v) is 7.24. The first-order valence-electron chi connectivity index (χ1n) is 10.1. The Morgan fingerprint density at radius 2 is 0.667 bits per heavy atom. The molecule has 0 saturated heterocycles. The molecule has 0 aliphatic rings. The van der Waals surface area contributed by atoms with Crippen LogP contribution in [0.1, 0.15) is 11.1 Å². The van der Waals surface area contributed by atoms with Crippen molar-refractivity contribution >= 4 is 45.2 Å². The van der Waals surface area contributed by atoms with Crippen molar-refractivity contribution in [2.75, 3.05) is 0 Å². The first kappa shape index (κ1) is 18.0. The lowest BCUT2D eigenvalue weighted by Crippen LogP contribution is -2.13. The zero-order chi connectivity index (χ0) is 20.2. The molecular formula is C30H20. The van der Waals surface area contributed by atoms with Crippen molar-refractivity contribution in [3.63, 3.8) is 0 Å². The van der Waals surface area contributed by atoms with Gasteiger partial charge in [-0.3, -0.25) is 0 Å². The van der Waals surface area contributed by atoms with Crippen molar-refractivity contribution < 1.29 is 0 Å². The van der Waals surface area contributed by atoms with Crippen LogP contribution in [0.15, 0.2) is 109 Å². The Morgan fingerprint density at radius 1 is 0.367 bits per heavy atom. The summed E-state index contributed by atoms with van der Waals surface area (Å²) in [6.45, 7) is 0. The van der Waals surface area contributed by atoms with E-state index < -0.39 is 0 Å². The zero-order valence-electron chi connectivity index (χ0n) is 16.5. The van der Waals surface area contributed by atoms with Gasteiger partial charge in [0.1, 0.15) is 0 Å². The van der Waals surface area contributed by atoms with Crippen molar-refractivity contribution in [1.82, 2.24) is 0 Å². The van der Waals surface area contributed by atoms with Gasteiger partial charge in [0.15, 0.2) is 0 Å². The number of fused-ring (bicyclic) bond motifs is 2. The van der Waals surface area contributed by atoms with Gasteiger partial charge in [0, 0.05) is 10.4 Å². The summed E-state index contributed by atoms with van der Waals surface area (Å²) in [5.41, 5.74) is 9.46. The molecule has 0 heterocycles. The number of hydrogen-bond acceptors (Lipinski definition) is 0. The average molecular weight is 380 g/mol. The maximum Gasteiger partial charge on any atom is 0.0322 e. The number of hydrogen-bond donors (Lipinski definition) is 0. The molecule has 0 N–H and O–H groups in total. The highest BCUT2D eigenvalue weighted by Crippen LogP contribution is 2.14.